The maximum absolute atomic E-state index is 10.2. The lowest BCUT2D eigenvalue weighted by atomic mass is 10.1. The summed E-state index contributed by atoms with van der Waals surface area (Å²) in [6.45, 7) is 3.68. The zero-order chi connectivity index (χ0) is 8.20. The first-order chi connectivity index (χ1) is 4.48. The van der Waals surface area contributed by atoms with E-state index in [0.717, 1.165) is 0 Å². The van der Waals surface area contributed by atoms with Crippen LogP contribution < -0.4 is 5.73 Å². The number of rotatable bonds is 3. The molecule has 0 saturated heterocycles. The number of carbonyl (C=O) groups is 1. The number of carbonyl (C=O) groups excluding carboxylic acids is 1. The molecule has 58 valence electrons. The van der Waals surface area contributed by atoms with E-state index >= 15 is 0 Å². The molecule has 3 heteroatoms. The summed E-state index contributed by atoms with van der Waals surface area (Å²) < 4.78 is 4.99. The van der Waals surface area contributed by atoms with Crippen LogP contribution in [0.1, 0.15) is 13.8 Å². The molecule has 0 bridgehead atoms. The van der Waals surface area contributed by atoms with Gasteiger partial charge in [0.1, 0.15) is 0 Å². The Kier molecular flexibility index (Phi) is 3.09. The monoisotopic (exact) mass is 143 g/mol. The predicted octanol–water partition coefficient (Wildman–Crippen LogP) is 0.453. The maximum atomic E-state index is 10.2. The molecular weight excluding hydrogens is 130 g/mol. The molecule has 0 spiro atoms. The normalized spacial score (nSPS) is 12.3. The molecule has 0 aliphatic rings. The average molecular weight is 143 g/mol. The summed E-state index contributed by atoms with van der Waals surface area (Å²) in [6, 6.07) is 0. The molecule has 2 N–H and O–H groups in total. The van der Waals surface area contributed by atoms with Gasteiger partial charge >= 0.3 is 0 Å². The Morgan fingerprint density at radius 1 is 1.60 bits per heavy atom. The fraction of sp³-hybridized carbons (Fsp3) is 0.571. The first-order valence-corrected chi connectivity index (χ1v) is 3.02. The van der Waals surface area contributed by atoms with Crippen LogP contribution in [0.2, 0.25) is 0 Å². The third-order valence-corrected chi connectivity index (χ3v) is 1.18. The molecule has 0 heterocycles. The second-order valence-corrected chi connectivity index (χ2v) is 2.54. The lowest BCUT2D eigenvalue weighted by Crippen LogP contribution is -2.20. The molecule has 0 aromatic carbocycles. The van der Waals surface area contributed by atoms with Crippen LogP contribution in [0.25, 0.3) is 0 Å². The third kappa shape index (κ3) is 4.09. The minimum absolute atomic E-state index is 0.408. The number of primary amides is 1. The molecule has 1 amide bonds. The van der Waals surface area contributed by atoms with Gasteiger partial charge in [0.2, 0.25) is 5.91 Å². The van der Waals surface area contributed by atoms with Gasteiger partial charge < -0.3 is 10.5 Å². The molecule has 0 rings (SSSR count). The fourth-order valence-electron chi connectivity index (χ4n) is 0.351. The van der Waals surface area contributed by atoms with Crippen LogP contribution in [-0.2, 0) is 9.53 Å². The summed E-state index contributed by atoms with van der Waals surface area (Å²) in [6.07, 6.45) is 2.92. The smallest absolute Gasteiger partial charge is 0.241 e. The summed E-state index contributed by atoms with van der Waals surface area (Å²) in [5, 5.41) is 0. The van der Waals surface area contributed by atoms with Crippen LogP contribution in [0.5, 0.6) is 0 Å². The molecule has 0 fully saturated rings. The SMILES string of the molecule is COC(C)(C)/C=C/C(N)=O. The highest BCUT2D eigenvalue weighted by Crippen LogP contribution is 2.07. The van der Waals surface area contributed by atoms with Crippen molar-refractivity contribution in [3.05, 3.63) is 12.2 Å². The number of methoxy groups -OCH3 is 1. The van der Waals surface area contributed by atoms with E-state index in [1.807, 2.05) is 13.8 Å². The van der Waals surface area contributed by atoms with E-state index in [4.69, 9.17) is 10.5 Å². The molecule has 10 heavy (non-hydrogen) atoms. The molecule has 0 aliphatic carbocycles. The van der Waals surface area contributed by atoms with Crippen LogP contribution in [-0.4, -0.2) is 18.6 Å². The van der Waals surface area contributed by atoms with E-state index in [1.54, 1.807) is 13.2 Å². The van der Waals surface area contributed by atoms with E-state index < -0.39 is 11.5 Å². The Hall–Kier alpha value is -0.830. The van der Waals surface area contributed by atoms with Crippen molar-refractivity contribution in [2.75, 3.05) is 7.11 Å². The molecule has 3 nitrogen and oxygen atoms in total. The largest absolute Gasteiger partial charge is 0.375 e. The molecule has 0 aliphatic heterocycles. The van der Waals surface area contributed by atoms with Crippen LogP contribution in [0.3, 0.4) is 0 Å². The van der Waals surface area contributed by atoms with Gasteiger partial charge in [0.15, 0.2) is 0 Å². The van der Waals surface area contributed by atoms with Crippen LogP contribution in [0, 0.1) is 0 Å². The van der Waals surface area contributed by atoms with Gasteiger partial charge in [-0.3, -0.25) is 4.79 Å². The number of ether oxygens (including phenoxy) is 1. The third-order valence-electron chi connectivity index (χ3n) is 1.18. The summed E-state index contributed by atoms with van der Waals surface area (Å²) in [7, 11) is 1.57. The van der Waals surface area contributed by atoms with Crippen molar-refractivity contribution in [3.8, 4) is 0 Å². The van der Waals surface area contributed by atoms with Crippen LogP contribution in [0.4, 0.5) is 0 Å². The van der Waals surface area contributed by atoms with E-state index in [0.29, 0.717) is 0 Å². The number of hydrogen-bond donors (Lipinski definition) is 1. The highest BCUT2D eigenvalue weighted by atomic mass is 16.5. The molecule has 0 saturated carbocycles. The van der Waals surface area contributed by atoms with Gasteiger partial charge in [-0.25, -0.2) is 0 Å². The minimum atomic E-state index is -0.454. The molecule has 0 atom stereocenters. The van der Waals surface area contributed by atoms with Crippen molar-refractivity contribution in [1.29, 1.82) is 0 Å². The Labute approximate surface area is 60.9 Å². The van der Waals surface area contributed by atoms with E-state index in [9.17, 15) is 4.79 Å². The Balaban J connectivity index is 3.99. The van der Waals surface area contributed by atoms with Gasteiger partial charge in [-0.2, -0.15) is 0 Å². The fourth-order valence-corrected chi connectivity index (χ4v) is 0.351. The zero-order valence-electron chi connectivity index (χ0n) is 6.55. The zero-order valence-corrected chi connectivity index (χ0v) is 6.55. The van der Waals surface area contributed by atoms with E-state index in [-0.39, 0.29) is 0 Å². The Bertz CT molecular complexity index is 150. The highest BCUT2D eigenvalue weighted by Gasteiger charge is 2.10. The van der Waals surface area contributed by atoms with Crippen molar-refractivity contribution in [3.63, 3.8) is 0 Å². The van der Waals surface area contributed by atoms with Gasteiger partial charge in [-0.1, -0.05) is 0 Å². The van der Waals surface area contributed by atoms with Crippen molar-refractivity contribution in [2.45, 2.75) is 19.4 Å². The van der Waals surface area contributed by atoms with Crippen molar-refractivity contribution >= 4 is 5.91 Å². The predicted molar refractivity (Wildman–Crippen MR) is 39.4 cm³/mol. The number of nitrogens with two attached hydrogens (primary N) is 1. The molecule has 0 aromatic heterocycles. The summed E-state index contributed by atoms with van der Waals surface area (Å²) >= 11 is 0. The van der Waals surface area contributed by atoms with Crippen molar-refractivity contribution in [2.24, 2.45) is 5.73 Å². The first-order valence-electron chi connectivity index (χ1n) is 3.02. The van der Waals surface area contributed by atoms with Crippen LogP contribution >= 0.6 is 0 Å². The first kappa shape index (κ1) is 9.17. The van der Waals surface area contributed by atoms with Crippen LogP contribution in [0.15, 0.2) is 12.2 Å². The second-order valence-electron chi connectivity index (χ2n) is 2.54. The highest BCUT2D eigenvalue weighted by molar-refractivity contribution is 5.85. The summed E-state index contributed by atoms with van der Waals surface area (Å²) in [5.74, 6) is -0.454. The molecule has 0 aromatic rings. The number of amides is 1. The molecule has 0 unspecified atom stereocenters. The Morgan fingerprint density at radius 2 is 2.10 bits per heavy atom. The summed E-state index contributed by atoms with van der Waals surface area (Å²) in [4.78, 5) is 10.2. The lowest BCUT2D eigenvalue weighted by molar-refractivity contribution is -0.113. The van der Waals surface area contributed by atoms with Gasteiger partial charge in [-0.05, 0) is 19.9 Å². The maximum Gasteiger partial charge on any atom is 0.241 e. The van der Waals surface area contributed by atoms with Gasteiger partial charge in [-0.15, -0.1) is 0 Å². The quantitative estimate of drug-likeness (QED) is 0.583. The average Bonchev–Trinajstić information content (AvgIpc) is 1.85. The van der Waals surface area contributed by atoms with Gasteiger partial charge in [0, 0.05) is 13.2 Å². The minimum Gasteiger partial charge on any atom is -0.375 e. The van der Waals surface area contributed by atoms with E-state index in [2.05, 4.69) is 0 Å². The molecule has 0 radical (unpaired) electrons. The van der Waals surface area contributed by atoms with Crippen molar-refractivity contribution < 1.29 is 9.53 Å². The lowest BCUT2D eigenvalue weighted by Gasteiger charge is -2.16. The molecular formula is C7H13NO2. The topological polar surface area (TPSA) is 52.3 Å². The van der Waals surface area contributed by atoms with Gasteiger partial charge in [0.05, 0.1) is 5.60 Å². The standard InChI is InChI=1S/C7H13NO2/c1-7(2,10-3)5-4-6(8)9/h4-5H,1-3H3,(H2,8,9)/b5-4+. The number of hydrogen-bond acceptors (Lipinski definition) is 2. The van der Waals surface area contributed by atoms with Crippen molar-refractivity contribution in [1.82, 2.24) is 0 Å². The Morgan fingerprint density at radius 3 is 2.40 bits per heavy atom. The van der Waals surface area contributed by atoms with E-state index in [1.165, 1.54) is 6.08 Å². The second kappa shape index (κ2) is 3.37. The van der Waals surface area contributed by atoms with Gasteiger partial charge in [0.25, 0.3) is 0 Å². The summed E-state index contributed by atoms with van der Waals surface area (Å²) in [5.41, 5.74) is 4.47.